The SMILES string of the molecule is CCCCCCCC(=O)NCCN(CCO)CC(=O)O.[H-].[Na+]. The monoisotopic (exact) mass is 312 g/mol. The molecule has 0 spiro atoms. The van der Waals surface area contributed by atoms with Gasteiger partial charge in [0.15, 0.2) is 0 Å². The zero-order valence-electron chi connectivity index (χ0n) is 14.4. The normalized spacial score (nSPS) is 10.2. The van der Waals surface area contributed by atoms with E-state index in [1.807, 2.05) is 0 Å². The van der Waals surface area contributed by atoms with Gasteiger partial charge in [0, 0.05) is 26.1 Å². The number of carbonyl (C=O) groups is 2. The summed E-state index contributed by atoms with van der Waals surface area (Å²) >= 11 is 0. The number of aliphatic hydroxyl groups excluding tert-OH is 1. The molecule has 0 saturated heterocycles. The molecule has 0 aliphatic rings. The second-order valence-electron chi connectivity index (χ2n) is 4.91. The van der Waals surface area contributed by atoms with Gasteiger partial charge in [-0.15, -0.1) is 0 Å². The van der Waals surface area contributed by atoms with E-state index >= 15 is 0 Å². The molecule has 0 heterocycles. The summed E-state index contributed by atoms with van der Waals surface area (Å²) in [6.07, 6.45) is 6.09. The maximum absolute atomic E-state index is 11.5. The maximum atomic E-state index is 11.5. The Morgan fingerprint density at radius 1 is 1.14 bits per heavy atom. The molecule has 7 heteroatoms. The number of nitrogens with one attached hydrogen (secondary N) is 1. The van der Waals surface area contributed by atoms with E-state index in [0.29, 0.717) is 26.1 Å². The van der Waals surface area contributed by atoms with Crippen LogP contribution in [0.5, 0.6) is 0 Å². The number of carboxylic acids is 1. The topological polar surface area (TPSA) is 89.9 Å². The Bertz CT molecular complexity index is 284. The molecule has 0 aromatic heterocycles. The fourth-order valence-electron chi connectivity index (χ4n) is 1.93. The molecule has 120 valence electrons. The van der Waals surface area contributed by atoms with Gasteiger partial charge in [0.2, 0.25) is 5.91 Å². The molecule has 21 heavy (non-hydrogen) atoms. The number of unbranched alkanes of at least 4 members (excludes halogenated alkanes) is 4. The van der Waals surface area contributed by atoms with E-state index in [2.05, 4.69) is 12.2 Å². The molecular formula is C14H29N2NaO4. The molecule has 3 N–H and O–H groups in total. The molecular weight excluding hydrogens is 283 g/mol. The Labute approximate surface area is 151 Å². The second kappa shape index (κ2) is 16.2. The van der Waals surface area contributed by atoms with Crippen LogP contribution in [-0.4, -0.2) is 59.8 Å². The number of hydrogen-bond donors (Lipinski definition) is 3. The molecule has 0 atom stereocenters. The van der Waals surface area contributed by atoms with Crippen molar-refractivity contribution in [2.45, 2.75) is 45.4 Å². The molecule has 0 radical (unpaired) electrons. The first-order chi connectivity index (χ1) is 9.60. The first kappa shape index (κ1) is 23.1. The summed E-state index contributed by atoms with van der Waals surface area (Å²) in [7, 11) is 0. The van der Waals surface area contributed by atoms with Crippen molar-refractivity contribution in [3.05, 3.63) is 0 Å². The van der Waals surface area contributed by atoms with E-state index in [9.17, 15) is 9.59 Å². The largest absolute Gasteiger partial charge is 1.00 e. The van der Waals surface area contributed by atoms with Crippen molar-refractivity contribution in [3.8, 4) is 0 Å². The van der Waals surface area contributed by atoms with Crippen molar-refractivity contribution in [2.75, 3.05) is 32.8 Å². The smallest absolute Gasteiger partial charge is 1.00 e. The van der Waals surface area contributed by atoms with Crippen molar-refractivity contribution in [1.29, 1.82) is 0 Å². The standard InChI is InChI=1S/C14H28N2O4.Na.H/c1-2-3-4-5-6-7-13(18)15-8-9-16(10-11-17)12-14(19)20;;/h17H,2-12H2,1H3,(H,15,18)(H,19,20);;/q;+1;-1. The molecule has 0 aliphatic heterocycles. The minimum atomic E-state index is -0.930. The fraction of sp³-hybridized carbons (Fsp3) is 0.857. The minimum Gasteiger partial charge on any atom is -1.00 e. The van der Waals surface area contributed by atoms with Crippen LogP contribution >= 0.6 is 0 Å². The van der Waals surface area contributed by atoms with E-state index in [4.69, 9.17) is 10.2 Å². The number of rotatable bonds is 13. The zero-order valence-corrected chi connectivity index (χ0v) is 15.4. The Kier molecular flexibility index (Phi) is 17.9. The van der Waals surface area contributed by atoms with Crippen molar-refractivity contribution in [2.24, 2.45) is 0 Å². The van der Waals surface area contributed by atoms with Gasteiger partial charge in [-0.1, -0.05) is 32.6 Å². The minimum absolute atomic E-state index is 0. The van der Waals surface area contributed by atoms with E-state index in [1.165, 1.54) is 19.3 Å². The zero-order chi connectivity index (χ0) is 15.2. The van der Waals surface area contributed by atoms with Crippen LogP contribution in [0.4, 0.5) is 0 Å². The van der Waals surface area contributed by atoms with Gasteiger partial charge in [0.25, 0.3) is 0 Å². The summed E-state index contributed by atoms with van der Waals surface area (Å²) in [6, 6.07) is 0. The Hall–Kier alpha value is -0.140. The summed E-state index contributed by atoms with van der Waals surface area (Å²) in [6.45, 7) is 3.11. The van der Waals surface area contributed by atoms with Gasteiger partial charge in [-0.3, -0.25) is 14.5 Å². The average molecular weight is 312 g/mol. The van der Waals surface area contributed by atoms with Crippen molar-refractivity contribution in [1.82, 2.24) is 10.2 Å². The van der Waals surface area contributed by atoms with Crippen LogP contribution in [0.1, 0.15) is 46.9 Å². The quantitative estimate of drug-likeness (QED) is 0.269. The Morgan fingerprint density at radius 2 is 1.81 bits per heavy atom. The molecule has 0 aromatic carbocycles. The van der Waals surface area contributed by atoms with E-state index in [1.54, 1.807) is 4.90 Å². The second-order valence-corrected chi connectivity index (χ2v) is 4.91. The summed E-state index contributed by atoms with van der Waals surface area (Å²) in [4.78, 5) is 23.7. The molecule has 0 aliphatic carbocycles. The molecule has 0 rings (SSSR count). The first-order valence-electron chi connectivity index (χ1n) is 7.41. The van der Waals surface area contributed by atoms with Gasteiger partial charge in [-0.25, -0.2) is 0 Å². The number of aliphatic hydroxyl groups is 1. The predicted octanol–water partition coefficient (Wildman–Crippen LogP) is -2.04. The van der Waals surface area contributed by atoms with Gasteiger partial charge in [-0.05, 0) is 6.42 Å². The average Bonchev–Trinajstić information content (AvgIpc) is 2.38. The molecule has 0 bridgehead atoms. The van der Waals surface area contributed by atoms with E-state index in [0.717, 1.165) is 12.8 Å². The predicted molar refractivity (Wildman–Crippen MR) is 78.7 cm³/mol. The summed E-state index contributed by atoms with van der Waals surface area (Å²) < 4.78 is 0. The fourth-order valence-corrected chi connectivity index (χ4v) is 1.93. The van der Waals surface area contributed by atoms with Crippen LogP contribution in [0.2, 0.25) is 0 Å². The van der Waals surface area contributed by atoms with Crippen LogP contribution in [0.15, 0.2) is 0 Å². The Morgan fingerprint density at radius 3 is 2.38 bits per heavy atom. The van der Waals surface area contributed by atoms with Gasteiger partial charge in [0.05, 0.1) is 13.2 Å². The third-order valence-electron chi connectivity index (χ3n) is 3.03. The molecule has 0 saturated carbocycles. The molecule has 0 aromatic rings. The number of nitrogens with zero attached hydrogens (tertiary/aromatic N) is 1. The number of hydrogen-bond acceptors (Lipinski definition) is 4. The van der Waals surface area contributed by atoms with Gasteiger partial charge >= 0.3 is 35.5 Å². The van der Waals surface area contributed by atoms with Crippen molar-refractivity contribution in [3.63, 3.8) is 0 Å². The van der Waals surface area contributed by atoms with Crippen LogP contribution in [-0.2, 0) is 9.59 Å². The molecule has 6 nitrogen and oxygen atoms in total. The third-order valence-corrected chi connectivity index (χ3v) is 3.03. The van der Waals surface area contributed by atoms with Crippen LogP contribution < -0.4 is 34.9 Å². The first-order valence-corrected chi connectivity index (χ1v) is 7.41. The number of carboxylic acid groups (broad SMARTS) is 1. The summed E-state index contributed by atoms with van der Waals surface area (Å²) in [5, 5.41) is 20.3. The molecule has 0 unspecified atom stereocenters. The molecule has 1 amide bonds. The van der Waals surface area contributed by atoms with Crippen molar-refractivity contribution < 1.29 is 50.8 Å². The van der Waals surface area contributed by atoms with Crippen LogP contribution in [0.3, 0.4) is 0 Å². The van der Waals surface area contributed by atoms with Crippen LogP contribution in [0, 0.1) is 0 Å². The summed E-state index contributed by atoms with van der Waals surface area (Å²) in [5.74, 6) is -0.915. The maximum Gasteiger partial charge on any atom is 1.00 e. The number of amides is 1. The van der Waals surface area contributed by atoms with Crippen LogP contribution in [0.25, 0.3) is 0 Å². The van der Waals surface area contributed by atoms with Gasteiger partial charge < -0.3 is 17.0 Å². The molecule has 0 fully saturated rings. The summed E-state index contributed by atoms with van der Waals surface area (Å²) in [5.41, 5.74) is 0. The Balaban J connectivity index is -0.00000180. The van der Waals surface area contributed by atoms with Gasteiger partial charge in [-0.2, -0.15) is 0 Å². The number of carbonyl (C=O) groups excluding carboxylic acids is 1. The van der Waals surface area contributed by atoms with E-state index in [-0.39, 0.29) is 50.0 Å². The number of aliphatic carboxylic acids is 1. The van der Waals surface area contributed by atoms with Crippen molar-refractivity contribution >= 4 is 11.9 Å². The third kappa shape index (κ3) is 16.1. The van der Waals surface area contributed by atoms with E-state index < -0.39 is 5.97 Å². The van der Waals surface area contributed by atoms with Gasteiger partial charge in [0.1, 0.15) is 0 Å².